The highest BCUT2D eigenvalue weighted by Crippen LogP contribution is 2.21. The van der Waals surface area contributed by atoms with Crippen molar-refractivity contribution in [1.82, 2.24) is 15.2 Å². The van der Waals surface area contributed by atoms with Gasteiger partial charge in [0.05, 0.1) is 17.7 Å². The maximum atomic E-state index is 12.3. The molecule has 148 valence electrons. The Labute approximate surface area is 172 Å². The lowest BCUT2D eigenvalue weighted by Gasteiger charge is -2.02. The number of phenolic OH excluding ortho intramolecular Hbond substituents is 2. The summed E-state index contributed by atoms with van der Waals surface area (Å²) in [5.74, 6) is -1.25. The fourth-order valence-electron chi connectivity index (χ4n) is 2.46. The van der Waals surface area contributed by atoms with Gasteiger partial charge in [0.2, 0.25) is 5.69 Å². The number of halogens is 1. The van der Waals surface area contributed by atoms with E-state index in [1.165, 1.54) is 23.0 Å². The Kier molecular flexibility index (Phi) is 5.88. The molecule has 1 heterocycles. The van der Waals surface area contributed by atoms with Crippen LogP contribution in [0.1, 0.15) is 21.6 Å². The molecule has 0 aliphatic carbocycles. The van der Waals surface area contributed by atoms with E-state index in [2.05, 4.69) is 31.6 Å². The summed E-state index contributed by atoms with van der Waals surface area (Å²) in [6.07, 6.45) is 2.31. The number of rotatable bonds is 6. The van der Waals surface area contributed by atoms with E-state index >= 15 is 0 Å². The first-order chi connectivity index (χ1) is 13.8. The predicted octanol–water partition coefficient (Wildman–Crippen LogP) is 2.78. The van der Waals surface area contributed by atoms with Crippen LogP contribution >= 0.6 is 15.9 Å². The van der Waals surface area contributed by atoms with Gasteiger partial charge in [-0.3, -0.25) is 19.6 Å². The van der Waals surface area contributed by atoms with Crippen molar-refractivity contribution in [2.45, 2.75) is 6.54 Å². The summed E-state index contributed by atoms with van der Waals surface area (Å²) in [7, 11) is 0. The zero-order chi connectivity index (χ0) is 21.0. The first-order valence-electron chi connectivity index (χ1n) is 8.15. The number of hydrazone groups is 1. The molecule has 0 atom stereocenters. The van der Waals surface area contributed by atoms with Crippen LogP contribution in [0.25, 0.3) is 0 Å². The molecule has 3 aromatic rings. The minimum atomic E-state index is -0.876. The first-order valence-corrected chi connectivity index (χ1v) is 8.94. The van der Waals surface area contributed by atoms with Gasteiger partial charge in [0.15, 0.2) is 0 Å². The van der Waals surface area contributed by atoms with Crippen molar-refractivity contribution < 1.29 is 19.9 Å². The third-order valence-corrected chi connectivity index (χ3v) is 4.26. The standard InChI is InChI=1S/C18H14BrN5O5/c19-13-3-1-2-11(6-13)9-23-10-15(24(28)29)17(22-23)18(27)21-20-8-12-4-5-14(25)7-16(12)26/h1-8,10,25-26H,9H2,(H,21,27)/b20-8+. The normalized spacial score (nSPS) is 10.9. The van der Waals surface area contributed by atoms with Gasteiger partial charge in [0.25, 0.3) is 5.91 Å². The van der Waals surface area contributed by atoms with E-state index in [1.807, 2.05) is 24.3 Å². The number of aromatic nitrogens is 2. The van der Waals surface area contributed by atoms with Crippen molar-refractivity contribution in [3.05, 3.63) is 80.1 Å². The Morgan fingerprint density at radius 2 is 2.10 bits per heavy atom. The molecule has 0 spiro atoms. The molecule has 1 aromatic heterocycles. The molecular weight excluding hydrogens is 446 g/mol. The van der Waals surface area contributed by atoms with Gasteiger partial charge in [0.1, 0.15) is 17.7 Å². The summed E-state index contributed by atoms with van der Waals surface area (Å²) in [5, 5.41) is 37.9. The Balaban J connectivity index is 1.77. The molecule has 0 saturated heterocycles. The lowest BCUT2D eigenvalue weighted by atomic mass is 10.2. The third kappa shape index (κ3) is 4.96. The Morgan fingerprint density at radius 1 is 1.31 bits per heavy atom. The number of carbonyl (C=O) groups excluding carboxylic acids is 1. The summed E-state index contributed by atoms with van der Waals surface area (Å²) in [6.45, 7) is 0.234. The molecule has 1 amide bonds. The van der Waals surface area contributed by atoms with E-state index in [4.69, 9.17) is 0 Å². The second kappa shape index (κ2) is 8.52. The minimum absolute atomic E-state index is 0.129. The van der Waals surface area contributed by atoms with Gasteiger partial charge in [-0.1, -0.05) is 28.1 Å². The van der Waals surface area contributed by atoms with Crippen LogP contribution in [0.15, 0.2) is 58.2 Å². The van der Waals surface area contributed by atoms with E-state index in [1.54, 1.807) is 0 Å². The molecule has 10 nitrogen and oxygen atoms in total. The lowest BCUT2D eigenvalue weighted by Crippen LogP contribution is -2.19. The average Bonchev–Trinajstić information content (AvgIpc) is 3.07. The number of benzene rings is 2. The number of nitrogens with one attached hydrogen (secondary N) is 1. The number of nitro groups is 1. The largest absolute Gasteiger partial charge is 0.508 e. The lowest BCUT2D eigenvalue weighted by molar-refractivity contribution is -0.385. The zero-order valence-electron chi connectivity index (χ0n) is 14.7. The fraction of sp³-hybridized carbons (Fsp3) is 0.0556. The maximum absolute atomic E-state index is 12.3. The molecule has 3 rings (SSSR count). The van der Waals surface area contributed by atoms with Gasteiger partial charge in [0, 0.05) is 16.1 Å². The highest BCUT2D eigenvalue weighted by molar-refractivity contribution is 9.10. The summed E-state index contributed by atoms with van der Waals surface area (Å²) >= 11 is 3.35. The Morgan fingerprint density at radius 3 is 2.79 bits per heavy atom. The van der Waals surface area contributed by atoms with Crippen LogP contribution in [0.3, 0.4) is 0 Å². The highest BCUT2D eigenvalue weighted by atomic mass is 79.9. The quantitative estimate of drug-likeness (QED) is 0.293. The molecule has 11 heteroatoms. The van der Waals surface area contributed by atoms with Gasteiger partial charge < -0.3 is 10.2 Å². The Hall–Kier alpha value is -3.73. The van der Waals surface area contributed by atoms with E-state index in [0.29, 0.717) is 0 Å². The van der Waals surface area contributed by atoms with Crippen LogP contribution in [0.2, 0.25) is 0 Å². The number of hydrogen-bond donors (Lipinski definition) is 3. The second-order valence-electron chi connectivity index (χ2n) is 5.89. The average molecular weight is 460 g/mol. The molecule has 0 radical (unpaired) electrons. The van der Waals surface area contributed by atoms with E-state index in [-0.39, 0.29) is 23.6 Å². The number of phenols is 2. The Bertz CT molecular complexity index is 1110. The van der Waals surface area contributed by atoms with Gasteiger partial charge >= 0.3 is 5.69 Å². The molecule has 0 unspecified atom stereocenters. The molecule has 0 fully saturated rings. The van der Waals surface area contributed by atoms with Gasteiger partial charge in [-0.2, -0.15) is 10.2 Å². The number of nitrogens with zero attached hydrogens (tertiary/aromatic N) is 4. The summed E-state index contributed by atoms with van der Waals surface area (Å²) in [5.41, 5.74) is 2.36. The van der Waals surface area contributed by atoms with Crippen LogP contribution in [-0.2, 0) is 6.54 Å². The van der Waals surface area contributed by atoms with Crippen LogP contribution in [0.5, 0.6) is 11.5 Å². The molecule has 3 N–H and O–H groups in total. The van der Waals surface area contributed by atoms with Crippen molar-refractivity contribution >= 4 is 33.7 Å². The molecule has 0 saturated carbocycles. The molecule has 29 heavy (non-hydrogen) atoms. The molecule has 0 aliphatic rings. The topological polar surface area (TPSA) is 143 Å². The minimum Gasteiger partial charge on any atom is -0.508 e. The number of amides is 1. The van der Waals surface area contributed by atoms with E-state index in [0.717, 1.165) is 22.3 Å². The maximum Gasteiger partial charge on any atom is 0.320 e. The van der Waals surface area contributed by atoms with E-state index in [9.17, 15) is 25.1 Å². The van der Waals surface area contributed by atoms with Gasteiger partial charge in [-0.05, 0) is 29.8 Å². The summed E-state index contributed by atoms with van der Waals surface area (Å²) < 4.78 is 2.14. The van der Waals surface area contributed by atoms with E-state index < -0.39 is 22.2 Å². The molecule has 0 bridgehead atoms. The molecule has 2 aromatic carbocycles. The molecular formula is C18H14BrN5O5. The van der Waals surface area contributed by atoms with Crippen LogP contribution < -0.4 is 5.43 Å². The summed E-state index contributed by atoms with van der Waals surface area (Å²) in [4.78, 5) is 22.9. The van der Waals surface area contributed by atoms with Crippen molar-refractivity contribution in [2.24, 2.45) is 5.10 Å². The summed E-state index contributed by atoms with van der Waals surface area (Å²) in [6, 6.07) is 11.1. The van der Waals surface area contributed by atoms with Crippen LogP contribution in [0, 0.1) is 10.1 Å². The second-order valence-corrected chi connectivity index (χ2v) is 6.81. The third-order valence-electron chi connectivity index (χ3n) is 3.77. The van der Waals surface area contributed by atoms with Crippen molar-refractivity contribution in [3.8, 4) is 11.5 Å². The van der Waals surface area contributed by atoms with Crippen molar-refractivity contribution in [1.29, 1.82) is 0 Å². The van der Waals surface area contributed by atoms with Crippen LogP contribution in [0.4, 0.5) is 5.69 Å². The van der Waals surface area contributed by atoms with Gasteiger partial charge in [-0.25, -0.2) is 5.43 Å². The monoisotopic (exact) mass is 459 g/mol. The number of hydrogen-bond acceptors (Lipinski definition) is 7. The highest BCUT2D eigenvalue weighted by Gasteiger charge is 2.25. The smallest absolute Gasteiger partial charge is 0.320 e. The van der Waals surface area contributed by atoms with Crippen molar-refractivity contribution in [3.63, 3.8) is 0 Å². The fourth-order valence-corrected chi connectivity index (χ4v) is 2.91. The van der Waals surface area contributed by atoms with Gasteiger partial charge in [-0.15, -0.1) is 0 Å². The first kappa shape index (κ1) is 20.0. The number of carbonyl (C=O) groups is 1. The SMILES string of the molecule is O=C(N/N=C/c1ccc(O)cc1O)c1nn(Cc2cccc(Br)c2)cc1[N+](=O)[O-]. The van der Waals surface area contributed by atoms with Crippen LogP contribution in [-0.4, -0.2) is 37.0 Å². The zero-order valence-corrected chi connectivity index (χ0v) is 16.3. The molecule has 0 aliphatic heterocycles. The number of aromatic hydroxyl groups is 2. The predicted molar refractivity (Wildman–Crippen MR) is 107 cm³/mol. The van der Waals surface area contributed by atoms with Crippen molar-refractivity contribution in [2.75, 3.05) is 0 Å².